The minimum Gasteiger partial charge on any atom is -0.491 e. The molecule has 1 heteroatoms. The molecular weight excluding hydrogens is 196 g/mol. The van der Waals surface area contributed by atoms with Crippen LogP contribution < -0.4 is 0 Å². The van der Waals surface area contributed by atoms with Crippen LogP contribution in [0.25, 0.3) is 5.76 Å². The maximum absolute atomic E-state index is 5.57. The molecule has 0 heterocycles. The van der Waals surface area contributed by atoms with Crippen molar-refractivity contribution in [2.75, 3.05) is 0 Å². The van der Waals surface area contributed by atoms with Crippen molar-refractivity contribution in [3.63, 3.8) is 0 Å². The van der Waals surface area contributed by atoms with Gasteiger partial charge in [0.15, 0.2) is 0 Å². The fraction of sp³-hybridized carbons (Fsp3) is 0.467. The van der Waals surface area contributed by atoms with Crippen molar-refractivity contribution in [3.05, 3.63) is 42.0 Å². The minimum absolute atomic E-state index is 0.176. The second-order valence-electron chi connectivity index (χ2n) is 5.42. The molecule has 0 bridgehead atoms. The molecule has 0 N–H and O–H groups in total. The van der Waals surface area contributed by atoms with Gasteiger partial charge in [0.05, 0.1) is 6.10 Å². The van der Waals surface area contributed by atoms with Crippen molar-refractivity contribution in [2.24, 2.45) is 0 Å². The molecule has 0 spiro atoms. The second kappa shape index (κ2) is 4.73. The maximum Gasteiger partial charge on any atom is 0.119 e. The highest BCUT2D eigenvalue weighted by molar-refractivity contribution is 5.58. The van der Waals surface area contributed by atoms with Crippen molar-refractivity contribution in [3.8, 4) is 0 Å². The van der Waals surface area contributed by atoms with Crippen molar-refractivity contribution in [1.29, 1.82) is 0 Å². The van der Waals surface area contributed by atoms with E-state index in [4.69, 9.17) is 4.74 Å². The SMILES string of the molecule is C=C(OC(C)C)c1ccc(C(C)(C)C)cc1. The van der Waals surface area contributed by atoms with Gasteiger partial charge in [-0.3, -0.25) is 0 Å². The van der Waals surface area contributed by atoms with Gasteiger partial charge in [0.1, 0.15) is 5.76 Å². The molecule has 1 nitrogen and oxygen atoms in total. The molecule has 1 aromatic carbocycles. The quantitative estimate of drug-likeness (QED) is 0.684. The third kappa shape index (κ3) is 3.41. The lowest BCUT2D eigenvalue weighted by atomic mass is 9.86. The number of rotatable bonds is 3. The zero-order valence-electron chi connectivity index (χ0n) is 11.0. The Balaban J connectivity index is 2.83. The first kappa shape index (κ1) is 12.8. The van der Waals surface area contributed by atoms with Crippen LogP contribution in [0.2, 0.25) is 0 Å². The Morgan fingerprint density at radius 3 is 2.00 bits per heavy atom. The van der Waals surface area contributed by atoms with Crippen LogP contribution in [-0.2, 0) is 10.2 Å². The van der Waals surface area contributed by atoms with Crippen LogP contribution in [-0.4, -0.2) is 6.10 Å². The minimum atomic E-state index is 0.176. The number of ether oxygens (including phenoxy) is 1. The van der Waals surface area contributed by atoms with Crippen LogP contribution in [0.1, 0.15) is 45.7 Å². The molecule has 0 radical (unpaired) electrons. The second-order valence-corrected chi connectivity index (χ2v) is 5.42. The molecule has 0 unspecified atom stereocenters. The summed E-state index contributed by atoms with van der Waals surface area (Å²) in [4.78, 5) is 0. The topological polar surface area (TPSA) is 9.23 Å². The van der Waals surface area contributed by atoms with Crippen LogP contribution in [0, 0.1) is 0 Å². The summed E-state index contributed by atoms with van der Waals surface area (Å²) >= 11 is 0. The number of hydrogen-bond donors (Lipinski definition) is 0. The van der Waals surface area contributed by atoms with Gasteiger partial charge in [0, 0.05) is 5.56 Å². The highest BCUT2D eigenvalue weighted by atomic mass is 16.5. The Bertz CT molecular complexity index is 352. The number of hydrogen-bond acceptors (Lipinski definition) is 1. The van der Waals surface area contributed by atoms with Gasteiger partial charge in [0.25, 0.3) is 0 Å². The van der Waals surface area contributed by atoms with Gasteiger partial charge in [-0.2, -0.15) is 0 Å². The van der Waals surface area contributed by atoms with E-state index in [1.54, 1.807) is 0 Å². The zero-order valence-corrected chi connectivity index (χ0v) is 11.0. The van der Waals surface area contributed by atoms with E-state index in [9.17, 15) is 0 Å². The lowest BCUT2D eigenvalue weighted by Crippen LogP contribution is -2.10. The molecule has 0 saturated heterocycles. The van der Waals surface area contributed by atoms with Crippen LogP contribution in [0.4, 0.5) is 0 Å². The standard InChI is InChI=1S/C15H22O/c1-11(2)16-12(3)13-7-9-14(10-8-13)15(4,5)6/h7-11H,3H2,1-2,4-6H3. The van der Waals surface area contributed by atoms with Crippen molar-refractivity contribution < 1.29 is 4.74 Å². The Morgan fingerprint density at radius 2 is 1.62 bits per heavy atom. The fourth-order valence-corrected chi connectivity index (χ4v) is 1.51. The summed E-state index contributed by atoms with van der Waals surface area (Å²) < 4.78 is 5.57. The van der Waals surface area contributed by atoms with Crippen LogP contribution in [0.15, 0.2) is 30.8 Å². The van der Waals surface area contributed by atoms with E-state index < -0.39 is 0 Å². The molecule has 0 saturated carbocycles. The Labute approximate surface area is 99.1 Å². The average molecular weight is 218 g/mol. The molecular formula is C15H22O. The van der Waals surface area contributed by atoms with E-state index in [0.29, 0.717) is 0 Å². The normalized spacial score (nSPS) is 11.6. The maximum atomic E-state index is 5.57. The Kier molecular flexibility index (Phi) is 3.79. The Morgan fingerprint density at radius 1 is 1.12 bits per heavy atom. The molecule has 0 aliphatic carbocycles. The van der Waals surface area contributed by atoms with Gasteiger partial charge in [0.2, 0.25) is 0 Å². The lowest BCUT2D eigenvalue weighted by Gasteiger charge is -2.19. The van der Waals surface area contributed by atoms with E-state index >= 15 is 0 Å². The smallest absolute Gasteiger partial charge is 0.119 e. The van der Waals surface area contributed by atoms with Gasteiger partial charge >= 0.3 is 0 Å². The van der Waals surface area contributed by atoms with Gasteiger partial charge in [-0.1, -0.05) is 51.6 Å². The third-order valence-corrected chi connectivity index (χ3v) is 2.45. The molecule has 0 aliphatic rings. The first-order valence-corrected chi connectivity index (χ1v) is 5.77. The summed E-state index contributed by atoms with van der Waals surface area (Å²) in [5.74, 6) is 0.746. The first-order valence-electron chi connectivity index (χ1n) is 5.77. The molecule has 16 heavy (non-hydrogen) atoms. The van der Waals surface area contributed by atoms with Crippen molar-refractivity contribution >= 4 is 5.76 Å². The molecule has 0 aromatic heterocycles. The first-order chi connectivity index (χ1) is 7.30. The van der Waals surface area contributed by atoms with E-state index in [1.165, 1.54) is 5.56 Å². The summed E-state index contributed by atoms with van der Waals surface area (Å²) in [7, 11) is 0. The molecule has 1 rings (SSSR count). The number of benzene rings is 1. The summed E-state index contributed by atoms with van der Waals surface area (Å²) in [6.45, 7) is 14.6. The monoisotopic (exact) mass is 218 g/mol. The molecule has 0 aliphatic heterocycles. The molecule has 0 fully saturated rings. The zero-order chi connectivity index (χ0) is 12.3. The third-order valence-electron chi connectivity index (χ3n) is 2.45. The highest BCUT2D eigenvalue weighted by Crippen LogP contribution is 2.24. The van der Waals surface area contributed by atoms with Crippen LogP contribution >= 0.6 is 0 Å². The summed E-state index contributed by atoms with van der Waals surface area (Å²) in [6, 6.07) is 8.44. The Hall–Kier alpha value is -1.24. The lowest BCUT2D eigenvalue weighted by molar-refractivity contribution is 0.205. The van der Waals surface area contributed by atoms with Gasteiger partial charge in [-0.25, -0.2) is 0 Å². The van der Waals surface area contributed by atoms with Gasteiger partial charge < -0.3 is 4.74 Å². The van der Waals surface area contributed by atoms with E-state index in [2.05, 4.69) is 51.6 Å². The van der Waals surface area contributed by atoms with Gasteiger partial charge in [-0.15, -0.1) is 0 Å². The predicted molar refractivity (Wildman–Crippen MR) is 70.4 cm³/mol. The molecule has 88 valence electrons. The summed E-state index contributed by atoms with van der Waals surface area (Å²) in [6.07, 6.45) is 0.176. The predicted octanol–water partition coefficient (Wildman–Crippen LogP) is 4.38. The van der Waals surface area contributed by atoms with Gasteiger partial charge in [-0.05, 0) is 24.8 Å². The van der Waals surface area contributed by atoms with Crippen LogP contribution in [0.5, 0.6) is 0 Å². The molecule has 0 amide bonds. The molecule has 0 atom stereocenters. The van der Waals surface area contributed by atoms with E-state index in [1.807, 2.05) is 13.8 Å². The fourth-order valence-electron chi connectivity index (χ4n) is 1.51. The summed E-state index contributed by atoms with van der Waals surface area (Å²) in [5, 5.41) is 0. The average Bonchev–Trinajstić information content (AvgIpc) is 2.15. The van der Waals surface area contributed by atoms with E-state index in [0.717, 1.165) is 11.3 Å². The molecule has 1 aromatic rings. The highest BCUT2D eigenvalue weighted by Gasteiger charge is 2.13. The summed E-state index contributed by atoms with van der Waals surface area (Å²) in [5.41, 5.74) is 2.58. The van der Waals surface area contributed by atoms with Crippen molar-refractivity contribution in [2.45, 2.75) is 46.1 Å². The largest absolute Gasteiger partial charge is 0.491 e. The van der Waals surface area contributed by atoms with Crippen molar-refractivity contribution in [1.82, 2.24) is 0 Å². The van der Waals surface area contributed by atoms with Crippen LogP contribution in [0.3, 0.4) is 0 Å². The van der Waals surface area contributed by atoms with E-state index in [-0.39, 0.29) is 11.5 Å².